The normalized spacial score (nSPS) is 17.1. The molecule has 1 aliphatic heterocycles. The van der Waals surface area contributed by atoms with Crippen LogP contribution in [0.2, 0.25) is 5.02 Å². The fourth-order valence-electron chi connectivity index (χ4n) is 4.26. The average molecular weight is 467 g/mol. The number of amides is 1. The molecule has 6 nitrogen and oxygen atoms in total. The maximum Gasteiger partial charge on any atom is 0.246 e. The van der Waals surface area contributed by atoms with Crippen LogP contribution in [0.1, 0.15) is 44.6 Å². The minimum atomic E-state index is -0.0484. The SMILES string of the molecule is CC[C@@H](C)N(Cc1nc(-c2ccc(Cl)cc2)no1)C(=O)[C@H]1CCCN(c2ccc(C)cc2)C1. The summed E-state index contributed by atoms with van der Waals surface area (Å²) in [6.07, 6.45) is 2.76. The summed E-state index contributed by atoms with van der Waals surface area (Å²) in [7, 11) is 0. The molecule has 2 atom stereocenters. The fourth-order valence-corrected chi connectivity index (χ4v) is 4.38. The highest BCUT2D eigenvalue weighted by atomic mass is 35.5. The number of halogens is 1. The Bertz CT molecular complexity index is 1060. The lowest BCUT2D eigenvalue weighted by atomic mass is 9.95. The van der Waals surface area contributed by atoms with E-state index in [0.717, 1.165) is 37.9 Å². The molecule has 33 heavy (non-hydrogen) atoms. The van der Waals surface area contributed by atoms with Crippen molar-refractivity contribution in [2.45, 2.75) is 52.6 Å². The first-order chi connectivity index (χ1) is 15.9. The molecule has 0 aliphatic carbocycles. The van der Waals surface area contributed by atoms with E-state index in [1.54, 1.807) is 12.1 Å². The summed E-state index contributed by atoms with van der Waals surface area (Å²) >= 11 is 5.98. The molecule has 0 radical (unpaired) electrons. The van der Waals surface area contributed by atoms with Gasteiger partial charge in [-0.3, -0.25) is 4.79 Å². The number of hydrogen-bond acceptors (Lipinski definition) is 5. The lowest BCUT2D eigenvalue weighted by Gasteiger charge is -2.37. The predicted octanol–water partition coefficient (Wildman–Crippen LogP) is 5.74. The van der Waals surface area contributed by atoms with Gasteiger partial charge < -0.3 is 14.3 Å². The Balaban J connectivity index is 1.48. The molecule has 1 aromatic heterocycles. The Hall–Kier alpha value is -2.86. The summed E-state index contributed by atoms with van der Waals surface area (Å²) in [5, 5.41) is 4.77. The highest BCUT2D eigenvalue weighted by Gasteiger charge is 2.32. The van der Waals surface area contributed by atoms with E-state index in [2.05, 4.69) is 60.1 Å². The third kappa shape index (κ3) is 5.56. The van der Waals surface area contributed by atoms with Crippen LogP contribution in [0.5, 0.6) is 0 Å². The quantitative estimate of drug-likeness (QED) is 0.444. The van der Waals surface area contributed by atoms with Gasteiger partial charge in [-0.15, -0.1) is 0 Å². The van der Waals surface area contributed by atoms with Gasteiger partial charge >= 0.3 is 0 Å². The summed E-state index contributed by atoms with van der Waals surface area (Å²) in [5.74, 6) is 1.06. The van der Waals surface area contributed by atoms with Crippen molar-refractivity contribution in [3.8, 4) is 11.4 Å². The summed E-state index contributed by atoms with van der Waals surface area (Å²) in [6, 6.07) is 15.9. The second-order valence-corrected chi connectivity index (χ2v) is 9.30. The molecule has 0 saturated carbocycles. The number of aryl methyl sites for hydroxylation is 1. The second kappa shape index (κ2) is 10.4. The first-order valence-electron chi connectivity index (χ1n) is 11.6. The Morgan fingerprint density at radius 2 is 1.94 bits per heavy atom. The van der Waals surface area contributed by atoms with Crippen LogP contribution < -0.4 is 4.90 Å². The lowest BCUT2D eigenvalue weighted by Crippen LogP contribution is -2.47. The standard InChI is InChI=1S/C26H31ClN4O2/c1-4-19(3)31(17-24-28-25(29-33-24)20-9-11-22(27)12-10-20)26(32)21-6-5-15-30(16-21)23-13-7-18(2)8-14-23/h7-14,19,21H,4-6,15-17H2,1-3H3/t19-,21+/m1/s1. The third-order valence-corrected chi connectivity index (χ3v) is 6.70. The molecule has 174 valence electrons. The van der Waals surface area contributed by atoms with E-state index >= 15 is 0 Å². The van der Waals surface area contributed by atoms with Crippen LogP contribution in [-0.2, 0) is 11.3 Å². The van der Waals surface area contributed by atoms with E-state index in [1.165, 1.54) is 11.3 Å². The maximum atomic E-state index is 13.6. The van der Waals surface area contributed by atoms with Gasteiger partial charge in [-0.1, -0.05) is 41.4 Å². The van der Waals surface area contributed by atoms with Crippen molar-refractivity contribution in [2.24, 2.45) is 5.92 Å². The van der Waals surface area contributed by atoms with Crippen molar-refractivity contribution in [2.75, 3.05) is 18.0 Å². The topological polar surface area (TPSA) is 62.5 Å². The average Bonchev–Trinajstić information content (AvgIpc) is 3.31. The number of hydrogen-bond donors (Lipinski definition) is 0. The molecule has 7 heteroatoms. The zero-order chi connectivity index (χ0) is 23.4. The minimum Gasteiger partial charge on any atom is -0.371 e. The van der Waals surface area contributed by atoms with Crippen LogP contribution in [0.3, 0.4) is 0 Å². The van der Waals surface area contributed by atoms with E-state index in [4.69, 9.17) is 16.1 Å². The van der Waals surface area contributed by atoms with Gasteiger partial charge in [0.2, 0.25) is 17.6 Å². The number of carbonyl (C=O) groups excluding carboxylic acids is 1. The molecule has 1 aliphatic rings. The number of nitrogens with zero attached hydrogens (tertiary/aromatic N) is 4. The van der Waals surface area contributed by atoms with Crippen LogP contribution in [0.15, 0.2) is 53.1 Å². The Morgan fingerprint density at radius 1 is 1.21 bits per heavy atom. The van der Waals surface area contributed by atoms with Crippen molar-refractivity contribution in [1.29, 1.82) is 0 Å². The molecule has 1 fully saturated rings. The molecule has 1 saturated heterocycles. The van der Waals surface area contributed by atoms with Gasteiger partial charge in [-0.2, -0.15) is 4.98 Å². The molecule has 0 bridgehead atoms. The van der Waals surface area contributed by atoms with Gasteiger partial charge in [0.1, 0.15) is 6.54 Å². The molecule has 0 spiro atoms. The van der Waals surface area contributed by atoms with Crippen LogP contribution in [0.4, 0.5) is 5.69 Å². The predicted molar refractivity (Wildman–Crippen MR) is 131 cm³/mol. The highest BCUT2D eigenvalue weighted by molar-refractivity contribution is 6.30. The maximum absolute atomic E-state index is 13.6. The fraction of sp³-hybridized carbons (Fsp3) is 0.423. The van der Waals surface area contributed by atoms with Crippen molar-refractivity contribution >= 4 is 23.2 Å². The van der Waals surface area contributed by atoms with E-state index < -0.39 is 0 Å². The van der Waals surface area contributed by atoms with Crippen molar-refractivity contribution in [1.82, 2.24) is 15.0 Å². The summed E-state index contributed by atoms with van der Waals surface area (Å²) in [6.45, 7) is 8.28. The number of anilines is 1. The minimum absolute atomic E-state index is 0.0484. The van der Waals surface area contributed by atoms with Crippen LogP contribution in [-0.4, -0.2) is 40.1 Å². The van der Waals surface area contributed by atoms with Gasteiger partial charge in [-0.05, 0) is 69.5 Å². The van der Waals surface area contributed by atoms with Crippen LogP contribution in [0.25, 0.3) is 11.4 Å². The zero-order valence-corrected chi connectivity index (χ0v) is 20.3. The number of aromatic nitrogens is 2. The monoisotopic (exact) mass is 466 g/mol. The molecule has 0 unspecified atom stereocenters. The van der Waals surface area contributed by atoms with Gasteiger partial charge in [0.05, 0.1) is 5.92 Å². The molecule has 4 rings (SSSR count). The van der Waals surface area contributed by atoms with E-state index in [9.17, 15) is 4.79 Å². The zero-order valence-electron chi connectivity index (χ0n) is 19.5. The van der Waals surface area contributed by atoms with Gasteiger partial charge in [-0.25, -0.2) is 0 Å². The molecule has 1 amide bonds. The van der Waals surface area contributed by atoms with E-state index in [1.807, 2.05) is 17.0 Å². The lowest BCUT2D eigenvalue weighted by molar-refractivity contribution is -0.139. The van der Waals surface area contributed by atoms with Crippen LogP contribution >= 0.6 is 11.6 Å². The second-order valence-electron chi connectivity index (χ2n) is 8.86. The number of rotatable bonds is 7. The smallest absolute Gasteiger partial charge is 0.246 e. The Morgan fingerprint density at radius 3 is 2.64 bits per heavy atom. The van der Waals surface area contributed by atoms with Crippen molar-refractivity contribution < 1.29 is 9.32 Å². The van der Waals surface area contributed by atoms with E-state index in [-0.39, 0.29) is 17.9 Å². The van der Waals surface area contributed by atoms with Gasteiger partial charge in [0.25, 0.3) is 0 Å². The molecular formula is C26H31ClN4O2. The van der Waals surface area contributed by atoms with Crippen molar-refractivity contribution in [3.05, 3.63) is 65.0 Å². The molecule has 3 aromatic rings. The Labute approximate surface area is 200 Å². The molecule has 0 N–H and O–H groups in total. The number of carbonyl (C=O) groups is 1. The van der Waals surface area contributed by atoms with Crippen molar-refractivity contribution in [3.63, 3.8) is 0 Å². The summed E-state index contributed by atoms with van der Waals surface area (Å²) in [5.41, 5.74) is 3.25. The Kier molecular flexibility index (Phi) is 7.33. The molecule has 2 heterocycles. The first-order valence-corrected chi connectivity index (χ1v) is 12.0. The van der Waals surface area contributed by atoms with Gasteiger partial charge in [0.15, 0.2) is 0 Å². The van der Waals surface area contributed by atoms with Gasteiger partial charge in [0, 0.05) is 35.4 Å². The largest absolute Gasteiger partial charge is 0.371 e. The van der Waals surface area contributed by atoms with E-state index in [0.29, 0.717) is 23.3 Å². The van der Waals surface area contributed by atoms with Crippen LogP contribution in [0, 0.1) is 12.8 Å². The molecule has 2 aromatic carbocycles. The first kappa shape index (κ1) is 23.3. The summed E-state index contributed by atoms with van der Waals surface area (Å²) < 4.78 is 5.52. The molecular weight excluding hydrogens is 436 g/mol. The summed E-state index contributed by atoms with van der Waals surface area (Å²) in [4.78, 5) is 22.4. The number of piperidine rings is 1. The number of benzene rings is 2. The third-order valence-electron chi connectivity index (χ3n) is 6.45. The highest BCUT2D eigenvalue weighted by Crippen LogP contribution is 2.27.